The molecule has 1 aliphatic rings. The number of rotatable bonds is 4. The first-order chi connectivity index (χ1) is 14.8. The number of halogens is 1. The number of allylic oxidation sites excluding steroid dienone is 1. The fraction of sp³-hybridized carbons (Fsp3) is 0.208. The Morgan fingerprint density at radius 1 is 1.03 bits per heavy atom. The lowest BCUT2D eigenvalue weighted by atomic mass is 9.82. The van der Waals surface area contributed by atoms with Gasteiger partial charge >= 0.3 is 6.09 Å². The number of hydrogen-bond acceptors (Lipinski definition) is 4. The molecule has 0 bridgehead atoms. The Labute approximate surface area is 177 Å². The van der Waals surface area contributed by atoms with Gasteiger partial charge in [0.1, 0.15) is 5.82 Å². The number of carbonyl (C=O) groups excluding carboxylic acids is 2. The highest BCUT2D eigenvalue weighted by Gasteiger charge is 2.33. The number of imide groups is 1. The molecule has 2 aromatic carbocycles. The summed E-state index contributed by atoms with van der Waals surface area (Å²) in [5.41, 5.74) is 1.86. The third kappa shape index (κ3) is 3.74. The van der Waals surface area contributed by atoms with Crippen LogP contribution in [-0.4, -0.2) is 17.0 Å². The molecule has 2 heterocycles. The third-order valence-corrected chi connectivity index (χ3v) is 5.52. The smallest absolute Gasteiger partial charge is 0.404 e. The average molecular weight is 420 g/mol. The molecule has 3 aromatic rings. The normalized spacial score (nSPS) is 16.4. The zero-order chi connectivity index (χ0) is 22.3. The van der Waals surface area contributed by atoms with Crippen molar-refractivity contribution in [2.75, 3.05) is 0 Å². The van der Waals surface area contributed by atoms with E-state index in [9.17, 15) is 18.8 Å². The standard InChI is InChI=1S/C24H21FN2O4/c1-12(2)20(13(3)21-23(29)27-24(30)31-21)16-9-10-19(26-22(16)28)15-8-7-14-5-4-6-18(25)17(14)11-15/h4-12,20H,1-3H3,(H,26,28)(H,27,29,30)/b21-13-. The quantitative estimate of drug-likeness (QED) is 0.603. The lowest BCUT2D eigenvalue weighted by Crippen LogP contribution is -2.23. The molecule has 0 spiro atoms. The van der Waals surface area contributed by atoms with Crippen LogP contribution in [0.4, 0.5) is 9.18 Å². The van der Waals surface area contributed by atoms with Gasteiger partial charge in [-0.3, -0.25) is 14.9 Å². The van der Waals surface area contributed by atoms with Gasteiger partial charge in [0.2, 0.25) is 0 Å². The van der Waals surface area contributed by atoms with Crippen LogP contribution in [-0.2, 0) is 9.53 Å². The Morgan fingerprint density at radius 2 is 1.81 bits per heavy atom. The van der Waals surface area contributed by atoms with Crippen LogP contribution in [0.15, 0.2) is 64.7 Å². The van der Waals surface area contributed by atoms with Crippen molar-refractivity contribution in [3.05, 3.63) is 81.6 Å². The highest BCUT2D eigenvalue weighted by Crippen LogP contribution is 2.34. The fourth-order valence-electron chi connectivity index (χ4n) is 4.11. The monoisotopic (exact) mass is 420 g/mol. The van der Waals surface area contributed by atoms with E-state index >= 15 is 0 Å². The minimum atomic E-state index is -0.824. The summed E-state index contributed by atoms with van der Waals surface area (Å²) in [6.07, 6.45) is -0.824. The number of amides is 2. The van der Waals surface area contributed by atoms with Crippen molar-refractivity contribution in [1.29, 1.82) is 0 Å². The van der Waals surface area contributed by atoms with Gasteiger partial charge in [0, 0.05) is 22.6 Å². The van der Waals surface area contributed by atoms with E-state index in [-0.39, 0.29) is 23.1 Å². The maximum absolute atomic E-state index is 14.2. The summed E-state index contributed by atoms with van der Waals surface area (Å²) in [4.78, 5) is 39.3. The van der Waals surface area contributed by atoms with Gasteiger partial charge in [-0.2, -0.15) is 0 Å². The maximum Gasteiger partial charge on any atom is 0.419 e. The van der Waals surface area contributed by atoms with Crippen molar-refractivity contribution in [2.45, 2.75) is 26.7 Å². The second-order valence-electron chi connectivity index (χ2n) is 7.91. The van der Waals surface area contributed by atoms with E-state index in [1.54, 1.807) is 37.3 Å². The number of pyridine rings is 1. The maximum atomic E-state index is 14.2. The van der Waals surface area contributed by atoms with Crippen LogP contribution in [0.3, 0.4) is 0 Å². The van der Waals surface area contributed by atoms with Crippen molar-refractivity contribution < 1.29 is 18.7 Å². The topological polar surface area (TPSA) is 88.3 Å². The molecule has 1 unspecified atom stereocenters. The Balaban J connectivity index is 1.77. The van der Waals surface area contributed by atoms with E-state index in [0.717, 1.165) is 5.39 Å². The zero-order valence-electron chi connectivity index (χ0n) is 17.3. The Hall–Kier alpha value is -3.74. The molecule has 0 aliphatic carbocycles. The number of aromatic nitrogens is 1. The fourth-order valence-corrected chi connectivity index (χ4v) is 4.11. The van der Waals surface area contributed by atoms with Crippen LogP contribution in [0.5, 0.6) is 0 Å². The minimum Gasteiger partial charge on any atom is -0.404 e. The van der Waals surface area contributed by atoms with Crippen LogP contribution in [0.2, 0.25) is 0 Å². The van der Waals surface area contributed by atoms with Crippen LogP contribution in [0.25, 0.3) is 22.0 Å². The second kappa shape index (κ2) is 7.83. The summed E-state index contributed by atoms with van der Waals surface area (Å²) in [6.45, 7) is 5.52. The lowest BCUT2D eigenvalue weighted by Gasteiger charge is -2.22. The van der Waals surface area contributed by atoms with Crippen LogP contribution >= 0.6 is 0 Å². The van der Waals surface area contributed by atoms with Gasteiger partial charge in [-0.15, -0.1) is 0 Å². The van der Waals surface area contributed by atoms with Gasteiger partial charge in [0.05, 0.1) is 0 Å². The van der Waals surface area contributed by atoms with Crippen LogP contribution in [0.1, 0.15) is 32.3 Å². The van der Waals surface area contributed by atoms with Crippen molar-refractivity contribution in [3.63, 3.8) is 0 Å². The molecule has 1 aromatic heterocycles. The van der Waals surface area contributed by atoms with Crippen molar-refractivity contribution in [2.24, 2.45) is 5.92 Å². The molecule has 4 rings (SSSR count). The van der Waals surface area contributed by atoms with Gasteiger partial charge in [-0.05, 0) is 47.6 Å². The Kier molecular flexibility index (Phi) is 5.19. The Bertz CT molecular complexity index is 1310. The molecule has 0 saturated carbocycles. The first-order valence-corrected chi connectivity index (χ1v) is 9.92. The van der Waals surface area contributed by atoms with Gasteiger partial charge in [0.15, 0.2) is 5.76 Å². The SMILES string of the molecule is C/C(=C1/OC(=O)NC1=O)C(c1ccc(-c2ccc3cccc(F)c3c2)[nH]c1=O)C(C)C. The second-order valence-corrected chi connectivity index (χ2v) is 7.91. The van der Waals surface area contributed by atoms with Crippen molar-refractivity contribution >= 4 is 22.8 Å². The van der Waals surface area contributed by atoms with Crippen LogP contribution in [0, 0.1) is 11.7 Å². The first-order valence-electron chi connectivity index (χ1n) is 9.92. The van der Waals surface area contributed by atoms with E-state index < -0.39 is 17.9 Å². The largest absolute Gasteiger partial charge is 0.419 e. The van der Waals surface area contributed by atoms with E-state index in [4.69, 9.17) is 4.74 Å². The molecule has 0 radical (unpaired) electrons. The number of benzene rings is 2. The molecule has 158 valence electrons. The number of hydrogen-bond donors (Lipinski definition) is 2. The summed E-state index contributed by atoms with van der Waals surface area (Å²) in [6, 6.07) is 13.7. The number of cyclic esters (lactones) is 1. The number of fused-ring (bicyclic) bond motifs is 1. The molecule has 2 amide bonds. The molecule has 2 N–H and O–H groups in total. The number of carbonyl (C=O) groups is 2. The zero-order valence-corrected chi connectivity index (χ0v) is 17.3. The van der Waals surface area contributed by atoms with Crippen molar-refractivity contribution in [1.82, 2.24) is 10.3 Å². The number of alkyl carbamates (subject to hydrolysis) is 1. The highest BCUT2D eigenvalue weighted by molar-refractivity contribution is 6.07. The average Bonchev–Trinajstić information content (AvgIpc) is 3.07. The molecule has 7 heteroatoms. The van der Waals surface area contributed by atoms with Gasteiger partial charge in [-0.25, -0.2) is 9.18 Å². The highest BCUT2D eigenvalue weighted by atomic mass is 19.1. The molecule has 1 atom stereocenters. The first kappa shape index (κ1) is 20.5. The predicted molar refractivity (Wildman–Crippen MR) is 115 cm³/mol. The minimum absolute atomic E-state index is 0.0404. The summed E-state index contributed by atoms with van der Waals surface area (Å²) in [5, 5.41) is 3.33. The summed E-state index contributed by atoms with van der Waals surface area (Å²) < 4.78 is 19.2. The van der Waals surface area contributed by atoms with Crippen molar-refractivity contribution in [3.8, 4) is 11.3 Å². The number of nitrogens with one attached hydrogen (secondary N) is 2. The van der Waals surface area contributed by atoms with E-state index in [1.165, 1.54) is 6.07 Å². The Morgan fingerprint density at radius 3 is 2.45 bits per heavy atom. The molecule has 1 fully saturated rings. The molecule has 1 saturated heterocycles. The van der Waals surface area contributed by atoms with E-state index in [0.29, 0.717) is 27.8 Å². The molecule has 1 aliphatic heterocycles. The lowest BCUT2D eigenvalue weighted by molar-refractivity contribution is -0.116. The van der Waals surface area contributed by atoms with Gasteiger partial charge in [0.25, 0.3) is 11.5 Å². The predicted octanol–water partition coefficient (Wildman–Crippen LogP) is 4.61. The number of ether oxygens (including phenoxy) is 1. The van der Waals surface area contributed by atoms with Gasteiger partial charge < -0.3 is 9.72 Å². The summed E-state index contributed by atoms with van der Waals surface area (Å²) >= 11 is 0. The number of aromatic amines is 1. The molecular weight excluding hydrogens is 399 g/mol. The summed E-state index contributed by atoms with van der Waals surface area (Å²) in [7, 11) is 0. The van der Waals surface area contributed by atoms with Gasteiger partial charge in [-0.1, -0.05) is 44.2 Å². The molecule has 31 heavy (non-hydrogen) atoms. The van der Waals surface area contributed by atoms with E-state index in [2.05, 4.69) is 10.3 Å². The summed E-state index contributed by atoms with van der Waals surface area (Å²) in [5.74, 6) is -1.48. The third-order valence-electron chi connectivity index (χ3n) is 5.52. The van der Waals surface area contributed by atoms with Crippen LogP contribution < -0.4 is 10.9 Å². The molecule has 6 nitrogen and oxygen atoms in total. The number of H-pyrrole nitrogens is 1. The molecular formula is C24H21FN2O4. The van der Waals surface area contributed by atoms with E-state index in [1.807, 2.05) is 26.0 Å².